The van der Waals surface area contributed by atoms with Gasteiger partial charge in [0, 0.05) is 17.0 Å². The molecule has 0 saturated carbocycles. The number of benzene rings is 2. The number of ether oxygens (including phenoxy) is 3. The molecular formula is C24H22O6. The maximum absolute atomic E-state index is 12.6. The highest BCUT2D eigenvalue weighted by molar-refractivity contribution is 5.95. The van der Waals surface area contributed by atoms with E-state index in [2.05, 4.69) is 0 Å². The lowest BCUT2D eigenvalue weighted by molar-refractivity contribution is -0.135. The van der Waals surface area contributed by atoms with E-state index in [0.717, 1.165) is 40.5 Å². The van der Waals surface area contributed by atoms with Crippen molar-refractivity contribution in [1.82, 2.24) is 0 Å². The lowest BCUT2D eigenvalue weighted by Gasteiger charge is -2.28. The highest BCUT2D eigenvalue weighted by Crippen LogP contribution is 2.47. The summed E-state index contributed by atoms with van der Waals surface area (Å²) in [5.74, 6) is 1.29. The third-order valence-corrected chi connectivity index (χ3v) is 6.20. The van der Waals surface area contributed by atoms with Gasteiger partial charge in [-0.25, -0.2) is 4.79 Å². The summed E-state index contributed by atoms with van der Waals surface area (Å²) in [5, 5.41) is 0.765. The van der Waals surface area contributed by atoms with Crippen LogP contribution >= 0.6 is 0 Å². The van der Waals surface area contributed by atoms with Crippen LogP contribution < -0.4 is 19.8 Å². The summed E-state index contributed by atoms with van der Waals surface area (Å²) in [4.78, 5) is 25.0. The Labute approximate surface area is 173 Å². The van der Waals surface area contributed by atoms with Gasteiger partial charge in [-0.05, 0) is 61.1 Å². The number of fused-ring (bicyclic) bond motifs is 5. The van der Waals surface area contributed by atoms with E-state index in [1.807, 2.05) is 31.2 Å². The molecule has 6 heteroatoms. The molecule has 1 aliphatic heterocycles. The monoisotopic (exact) mass is 406 g/mol. The average molecular weight is 406 g/mol. The van der Waals surface area contributed by atoms with Gasteiger partial charge < -0.3 is 18.6 Å². The summed E-state index contributed by atoms with van der Waals surface area (Å²) in [5.41, 5.74) is 4.69. The van der Waals surface area contributed by atoms with E-state index < -0.39 is 0 Å². The Morgan fingerprint density at radius 1 is 1.00 bits per heavy atom. The number of aryl methyl sites for hydroxylation is 2. The zero-order chi connectivity index (χ0) is 21.0. The molecular weight excluding hydrogens is 384 g/mol. The predicted octanol–water partition coefficient (Wildman–Crippen LogP) is 4.05. The fourth-order valence-corrected chi connectivity index (χ4v) is 4.86. The van der Waals surface area contributed by atoms with Crippen LogP contribution in [0.4, 0.5) is 0 Å². The van der Waals surface area contributed by atoms with E-state index in [4.69, 9.17) is 18.6 Å². The number of rotatable bonds is 3. The van der Waals surface area contributed by atoms with Crippen LogP contribution in [0.1, 0.15) is 46.6 Å². The molecule has 0 unspecified atom stereocenters. The smallest absolute Gasteiger partial charge is 0.339 e. The van der Waals surface area contributed by atoms with Crippen LogP contribution in [-0.4, -0.2) is 20.2 Å². The summed E-state index contributed by atoms with van der Waals surface area (Å²) in [7, 11) is 3.18. The van der Waals surface area contributed by atoms with Gasteiger partial charge in [-0.2, -0.15) is 0 Å². The van der Waals surface area contributed by atoms with Crippen molar-refractivity contribution in [1.29, 1.82) is 0 Å². The number of hydrogen-bond donors (Lipinski definition) is 0. The van der Waals surface area contributed by atoms with Gasteiger partial charge in [0.25, 0.3) is 0 Å². The molecule has 0 N–H and O–H groups in total. The zero-order valence-electron chi connectivity index (χ0n) is 17.2. The molecule has 1 aliphatic carbocycles. The highest BCUT2D eigenvalue weighted by Gasteiger charge is 2.34. The van der Waals surface area contributed by atoms with Gasteiger partial charge in [-0.3, -0.25) is 4.79 Å². The fraction of sp³-hybridized carbons (Fsp3) is 0.333. The number of hydrogen-bond acceptors (Lipinski definition) is 6. The van der Waals surface area contributed by atoms with Gasteiger partial charge in [-0.1, -0.05) is 6.07 Å². The molecule has 1 aromatic heterocycles. The van der Waals surface area contributed by atoms with Gasteiger partial charge in [0.1, 0.15) is 11.3 Å². The van der Waals surface area contributed by atoms with Crippen LogP contribution in [0.15, 0.2) is 33.5 Å². The summed E-state index contributed by atoms with van der Waals surface area (Å²) in [6.45, 7) is 1.96. The van der Waals surface area contributed by atoms with Crippen molar-refractivity contribution in [2.24, 2.45) is 0 Å². The van der Waals surface area contributed by atoms with Crippen molar-refractivity contribution < 1.29 is 23.4 Å². The second-order valence-corrected chi connectivity index (χ2v) is 7.85. The molecule has 0 amide bonds. The molecule has 2 aliphatic rings. The fourth-order valence-electron chi connectivity index (χ4n) is 4.86. The predicted molar refractivity (Wildman–Crippen MR) is 111 cm³/mol. The van der Waals surface area contributed by atoms with Crippen LogP contribution in [0.2, 0.25) is 0 Å². The molecule has 0 bridgehead atoms. The first kappa shape index (κ1) is 18.7. The lowest BCUT2D eigenvalue weighted by atomic mass is 9.82. The summed E-state index contributed by atoms with van der Waals surface area (Å²) < 4.78 is 22.2. The quantitative estimate of drug-likeness (QED) is 0.371. The minimum absolute atomic E-state index is 0.186. The van der Waals surface area contributed by atoms with E-state index in [9.17, 15) is 9.59 Å². The Bertz CT molecular complexity index is 1250. The zero-order valence-corrected chi connectivity index (χ0v) is 17.2. The Hall–Kier alpha value is -3.28. The molecule has 0 fully saturated rings. The highest BCUT2D eigenvalue weighted by atomic mass is 16.5. The van der Waals surface area contributed by atoms with Gasteiger partial charge in [-0.15, -0.1) is 0 Å². The molecule has 0 radical (unpaired) electrons. The summed E-state index contributed by atoms with van der Waals surface area (Å²) in [6, 6.07) is 7.60. The van der Waals surface area contributed by atoms with Crippen molar-refractivity contribution >= 4 is 16.9 Å². The standard InChI is InChI=1S/C24H22O6/c1-12-9-19-22(14-5-4-6-15(14)24(26)29-19)23-21(12)16(11-20(25)30-23)13-7-8-17(27-2)18(10-13)28-3/h7-10,16H,4-6,11H2,1-3H3/t16-/m1/s1. The number of esters is 1. The SMILES string of the molecule is COc1ccc([C@H]2CC(=O)Oc3c2c(C)cc2oc(=O)c4c(c32)CCC4)cc1OC. The average Bonchev–Trinajstić information content (AvgIpc) is 3.22. The second-order valence-electron chi connectivity index (χ2n) is 7.85. The topological polar surface area (TPSA) is 75.0 Å². The van der Waals surface area contributed by atoms with E-state index in [1.54, 1.807) is 14.2 Å². The molecule has 0 saturated heterocycles. The number of carbonyl (C=O) groups is 1. The van der Waals surface area contributed by atoms with Crippen LogP contribution in [0, 0.1) is 6.92 Å². The maximum atomic E-state index is 12.6. The van der Waals surface area contributed by atoms with Gasteiger partial charge in [0.05, 0.1) is 26.0 Å². The van der Waals surface area contributed by atoms with E-state index in [1.165, 1.54) is 0 Å². The maximum Gasteiger partial charge on any atom is 0.339 e. The van der Waals surface area contributed by atoms with Gasteiger partial charge >= 0.3 is 11.6 Å². The second kappa shape index (κ2) is 6.90. The van der Waals surface area contributed by atoms with Crippen LogP contribution in [0.3, 0.4) is 0 Å². The third kappa shape index (κ3) is 2.70. The normalized spacial score (nSPS) is 17.4. The molecule has 5 rings (SSSR count). The van der Waals surface area contributed by atoms with Crippen LogP contribution in [0.25, 0.3) is 11.0 Å². The molecule has 6 nitrogen and oxygen atoms in total. The molecule has 0 spiro atoms. The molecule has 154 valence electrons. The molecule has 1 atom stereocenters. The third-order valence-electron chi connectivity index (χ3n) is 6.20. The van der Waals surface area contributed by atoms with Crippen molar-refractivity contribution in [3.05, 3.63) is 62.5 Å². The Balaban J connectivity index is 1.78. The largest absolute Gasteiger partial charge is 0.493 e. The van der Waals surface area contributed by atoms with E-state index >= 15 is 0 Å². The van der Waals surface area contributed by atoms with Crippen molar-refractivity contribution in [3.63, 3.8) is 0 Å². The van der Waals surface area contributed by atoms with Gasteiger partial charge in [0.15, 0.2) is 11.5 Å². The van der Waals surface area contributed by atoms with Crippen molar-refractivity contribution in [3.8, 4) is 17.2 Å². The Morgan fingerprint density at radius 2 is 1.77 bits per heavy atom. The van der Waals surface area contributed by atoms with Crippen LogP contribution in [-0.2, 0) is 17.6 Å². The van der Waals surface area contributed by atoms with Crippen molar-refractivity contribution in [2.45, 2.75) is 38.5 Å². The minimum atomic E-state index is -0.299. The first-order chi connectivity index (χ1) is 14.5. The lowest BCUT2D eigenvalue weighted by Crippen LogP contribution is -2.23. The molecule has 2 aromatic carbocycles. The summed E-state index contributed by atoms with van der Waals surface area (Å²) >= 11 is 0. The Kier molecular flexibility index (Phi) is 4.31. The number of carbonyl (C=O) groups excluding carboxylic acids is 1. The van der Waals surface area contributed by atoms with E-state index in [0.29, 0.717) is 34.8 Å². The molecule has 3 aromatic rings. The molecule has 30 heavy (non-hydrogen) atoms. The van der Waals surface area contributed by atoms with E-state index in [-0.39, 0.29) is 23.9 Å². The first-order valence-corrected chi connectivity index (χ1v) is 10.1. The number of methoxy groups -OCH3 is 2. The molecule has 2 heterocycles. The van der Waals surface area contributed by atoms with Crippen LogP contribution in [0.5, 0.6) is 17.2 Å². The minimum Gasteiger partial charge on any atom is -0.493 e. The first-order valence-electron chi connectivity index (χ1n) is 10.1. The summed E-state index contributed by atoms with van der Waals surface area (Å²) in [6.07, 6.45) is 2.61. The van der Waals surface area contributed by atoms with Gasteiger partial charge in [0.2, 0.25) is 0 Å². The Morgan fingerprint density at radius 3 is 2.53 bits per heavy atom. The van der Waals surface area contributed by atoms with Crippen molar-refractivity contribution in [2.75, 3.05) is 14.2 Å².